The second kappa shape index (κ2) is 4.99. The number of ether oxygens (including phenoxy) is 1. The molecule has 1 aromatic heterocycles. The van der Waals surface area contributed by atoms with Crippen molar-refractivity contribution in [1.82, 2.24) is 9.97 Å². The van der Waals surface area contributed by atoms with Crippen molar-refractivity contribution in [2.45, 2.75) is 32.8 Å². The first-order chi connectivity index (χ1) is 7.02. The largest absolute Gasteiger partial charge is 0.461 e. The lowest BCUT2D eigenvalue weighted by molar-refractivity contribution is 0.266. The van der Waals surface area contributed by atoms with Gasteiger partial charge in [0.1, 0.15) is 11.0 Å². The average Bonchev–Trinajstić information content (AvgIpc) is 2.16. The molecule has 0 fully saturated rings. The molecule has 0 spiro atoms. The first-order valence-corrected chi connectivity index (χ1v) is 5.08. The van der Waals surface area contributed by atoms with Crippen LogP contribution < -0.4 is 4.74 Å². The molecule has 0 N–H and O–H groups in total. The predicted octanol–water partition coefficient (Wildman–Crippen LogP) is 2.65. The smallest absolute Gasteiger partial charge is 0.219 e. The molecular formula is C11H13ClN2O. The molecule has 1 unspecified atom stereocenters. The number of hydrogen-bond acceptors (Lipinski definition) is 3. The lowest BCUT2D eigenvalue weighted by atomic mass is 10.2. The minimum Gasteiger partial charge on any atom is -0.461 e. The van der Waals surface area contributed by atoms with E-state index in [1.807, 2.05) is 13.8 Å². The summed E-state index contributed by atoms with van der Waals surface area (Å²) in [4.78, 5) is 8.30. The molecule has 0 aliphatic carbocycles. The summed E-state index contributed by atoms with van der Waals surface area (Å²) in [5, 5.41) is 0.368. The fraction of sp³-hybridized carbons (Fsp3) is 0.455. The third kappa shape index (κ3) is 3.41. The maximum atomic E-state index is 5.84. The van der Waals surface area contributed by atoms with Crippen LogP contribution in [0, 0.1) is 12.3 Å². The van der Waals surface area contributed by atoms with Crippen LogP contribution in [0.5, 0.6) is 5.88 Å². The normalized spacial score (nSPS) is 12.3. The summed E-state index contributed by atoms with van der Waals surface area (Å²) in [6.07, 6.45) is 4.88. The Labute approximate surface area is 94.8 Å². The molecule has 15 heavy (non-hydrogen) atoms. The van der Waals surface area contributed by atoms with Gasteiger partial charge in [0, 0.05) is 12.0 Å². The van der Waals surface area contributed by atoms with Crippen LogP contribution in [0.15, 0.2) is 6.07 Å². The van der Waals surface area contributed by atoms with Gasteiger partial charge in [-0.3, -0.25) is 0 Å². The van der Waals surface area contributed by atoms with Crippen LogP contribution in [0.4, 0.5) is 0 Å². The van der Waals surface area contributed by atoms with Crippen molar-refractivity contribution in [3.05, 3.63) is 17.0 Å². The van der Waals surface area contributed by atoms with Crippen molar-refractivity contribution < 1.29 is 4.74 Å². The van der Waals surface area contributed by atoms with E-state index in [0.29, 0.717) is 16.9 Å². The van der Waals surface area contributed by atoms with E-state index in [0.717, 1.165) is 0 Å². The molecule has 1 rings (SSSR count). The van der Waals surface area contributed by atoms with E-state index in [-0.39, 0.29) is 12.0 Å². The average molecular weight is 225 g/mol. The van der Waals surface area contributed by atoms with E-state index in [1.165, 1.54) is 0 Å². The summed E-state index contributed by atoms with van der Waals surface area (Å²) in [5.74, 6) is 3.73. The molecular weight excluding hydrogens is 212 g/mol. The summed E-state index contributed by atoms with van der Waals surface area (Å²) in [6, 6.07) is 1.56. The van der Waals surface area contributed by atoms with Crippen molar-refractivity contribution in [3.8, 4) is 18.2 Å². The van der Waals surface area contributed by atoms with Gasteiger partial charge in [-0.15, -0.1) is 6.42 Å². The number of terminal acetylenes is 1. The van der Waals surface area contributed by atoms with Crippen LogP contribution in [0.3, 0.4) is 0 Å². The molecule has 4 heteroatoms. The van der Waals surface area contributed by atoms with Crippen LogP contribution in [0.25, 0.3) is 0 Å². The minimum atomic E-state index is -0.323. The van der Waals surface area contributed by atoms with Gasteiger partial charge in [0.15, 0.2) is 6.10 Å². The molecule has 1 heterocycles. The van der Waals surface area contributed by atoms with Crippen molar-refractivity contribution in [2.24, 2.45) is 0 Å². The fourth-order valence-corrected chi connectivity index (χ4v) is 1.13. The molecule has 1 aromatic rings. The molecule has 3 nitrogen and oxygen atoms in total. The number of hydrogen-bond donors (Lipinski definition) is 0. The zero-order chi connectivity index (χ0) is 11.4. The van der Waals surface area contributed by atoms with Crippen LogP contribution in [-0.2, 0) is 0 Å². The van der Waals surface area contributed by atoms with Gasteiger partial charge in [-0.25, -0.2) is 4.98 Å². The molecule has 1 atom stereocenters. The third-order valence-corrected chi connectivity index (χ3v) is 1.93. The monoisotopic (exact) mass is 224 g/mol. The van der Waals surface area contributed by atoms with Crippen LogP contribution in [-0.4, -0.2) is 16.1 Å². The first kappa shape index (κ1) is 11.8. The molecule has 0 aromatic carbocycles. The Hall–Kier alpha value is -1.27. The summed E-state index contributed by atoms with van der Waals surface area (Å²) in [5.41, 5.74) is 0. The molecule has 80 valence electrons. The van der Waals surface area contributed by atoms with Gasteiger partial charge in [-0.2, -0.15) is 4.98 Å². The van der Waals surface area contributed by atoms with E-state index in [9.17, 15) is 0 Å². The van der Waals surface area contributed by atoms with Gasteiger partial charge in [0.05, 0.1) is 0 Å². The summed E-state index contributed by atoms with van der Waals surface area (Å²) in [6.45, 7) is 5.74. The standard InChI is InChI=1S/C11H13ClN2O/c1-5-8(4)15-10-6-9(12)13-11(14-10)7(2)3/h1,6-8H,2-4H3. The topological polar surface area (TPSA) is 35.0 Å². The zero-order valence-corrected chi connectivity index (χ0v) is 9.75. The van der Waals surface area contributed by atoms with Crippen LogP contribution >= 0.6 is 11.6 Å². The van der Waals surface area contributed by atoms with Gasteiger partial charge in [0.25, 0.3) is 0 Å². The Morgan fingerprint density at radius 2 is 2.07 bits per heavy atom. The number of rotatable bonds is 3. The molecule has 0 aliphatic rings. The molecule has 0 saturated heterocycles. The molecule has 0 saturated carbocycles. The zero-order valence-electron chi connectivity index (χ0n) is 8.99. The highest BCUT2D eigenvalue weighted by molar-refractivity contribution is 6.29. The maximum absolute atomic E-state index is 5.84. The van der Waals surface area contributed by atoms with Gasteiger partial charge < -0.3 is 4.74 Å². The van der Waals surface area contributed by atoms with Gasteiger partial charge in [-0.05, 0) is 6.92 Å². The molecule has 0 bridgehead atoms. The Morgan fingerprint density at radius 1 is 1.40 bits per heavy atom. The van der Waals surface area contributed by atoms with Crippen molar-refractivity contribution in [3.63, 3.8) is 0 Å². The van der Waals surface area contributed by atoms with Gasteiger partial charge in [-0.1, -0.05) is 31.4 Å². The van der Waals surface area contributed by atoms with Crippen LogP contribution in [0.2, 0.25) is 5.15 Å². The highest BCUT2D eigenvalue weighted by Crippen LogP contribution is 2.19. The summed E-state index contributed by atoms with van der Waals surface area (Å²) >= 11 is 5.84. The number of halogens is 1. The molecule has 0 amide bonds. The highest BCUT2D eigenvalue weighted by atomic mass is 35.5. The molecule has 0 aliphatic heterocycles. The first-order valence-electron chi connectivity index (χ1n) is 4.70. The van der Waals surface area contributed by atoms with Crippen molar-refractivity contribution >= 4 is 11.6 Å². The van der Waals surface area contributed by atoms with Crippen molar-refractivity contribution in [1.29, 1.82) is 0 Å². The van der Waals surface area contributed by atoms with E-state index >= 15 is 0 Å². The van der Waals surface area contributed by atoms with E-state index < -0.39 is 0 Å². The highest BCUT2D eigenvalue weighted by Gasteiger charge is 2.09. The Bertz CT molecular complexity index is 385. The second-order valence-corrected chi connectivity index (χ2v) is 3.86. The number of nitrogens with zero attached hydrogens (tertiary/aromatic N) is 2. The maximum Gasteiger partial charge on any atom is 0.219 e. The predicted molar refractivity (Wildman–Crippen MR) is 60.1 cm³/mol. The van der Waals surface area contributed by atoms with Gasteiger partial charge in [0.2, 0.25) is 5.88 Å². The minimum absolute atomic E-state index is 0.201. The fourth-order valence-electron chi connectivity index (χ4n) is 0.947. The Morgan fingerprint density at radius 3 is 2.60 bits per heavy atom. The van der Waals surface area contributed by atoms with E-state index in [1.54, 1.807) is 13.0 Å². The van der Waals surface area contributed by atoms with Gasteiger partial charge >= 0.3 is 0 Å². The van der Waals surface area contributed by atoms with E-state index in [4.69, 9.17) is 22.8 Å². The SMILES string of the molecule is C#CC(C)Oc1cc(Cl)nc(C(C)C)n1. The third-order valence-electron chi connectivity index (χ3n) is 1.74. The number of aromatic nitrogens is 2. The quantitative estimate of drug-likeness (QED) is 0.585. The van der Waals surface area contributed by atoms with Crippen molar-refractivity contribution in [2.75, 3.05) is 0 Å². The van der Waals surface area contributed by atoms with E-state index in [2.05, 4.69) is 15.9 Å². The lowest BCUT2D eigenvalue weighted by Gasteiger charge is -2.10. The summed E-state index contributed by atoms with van der Waals surface area (Å²) in [7, 11) is 0. The summed E-state index contributed by atoms with van der Waals surface area (Å²) < 4.78 is 5.36. The second-order valence-electron chi connectivity index (χ2n) is 3.47. The Kier molecular flexibility index (Phi) is 3.93. The molecule has 0 radical (unpaired) electrons. The van der Waals surface area contributed by atoms with Crippen LogP contribution in [0.1, 0.15) is 32.5 Å². The lowest BCUT2D eigenvalue weighted by Crippen LogP contribution is -2.11. The Balaban J connectivity index is 2.95.